The molecule has 3 nitrogen and oxygen atoms in total. The zero-order valence-corrected chi connectivity index (χ0v) is 14.1. The fourth-order valence-corrected chi connectivity index (χ4v) is 3.72. The van der Waals surface area contributed by atoms with Gasteiger partial charge in [-0.2, -0.15) is 0 Å². The van der Waals surface area contributed by atoms with Crippen LogP contribution in [0.3, 0.4) is 0 Å². The van der Waals surface area contributed by atoms with Crippen molar-refractivity contribution in [3.63, 3.8) is 0 Å². The van der Waals surface area contributed by atoms with Crippen LogP contribution in [0.2, 0.25) is 0 Å². The van der Waals surface area contributed by atoms with E-state index in [-0.39, 0.29) is 29.8 Å². The molecule has 0 saturated heterocycles. The molecule has 4 atom stereocenters. The van der Waals surface area contributed by atoms with Crippen LogP contribution in [0, 0.1) is 11.8 Å². The Balaban J connectivity index is 1.47. The third-order valence-corrected chi connectivity index (χ3v) is 5.04. The summed E-state index contributed by atoms with van der Waals surface area (Å²) >= 11 is 0. The van der Waals surface area contributed by atoms with Crippen LogP contribution in [-0.2, 0) is 27.5 Å². The summed E-state index contributed by atoms with van der Waals surface area (Å²) in [7, 11) is 0. The first-order valence-corrected chi connectivity index (χ1v) is 8.83. The van der Waals surface area contributed by atoms with Crippen LogP contribution in [0.15, 0.2) is 72.8 Å². The first kappa shape index (κ1) is 16.2. The van der Waals surface area contributed by atoms with Gasteiger partial charge in [0.15, 0.2) is 0 Å². The van der Waals surface area contributed by atoms with Crippen LogP contribution in [0.1, 0.15) is 17.5 Å². The Bertz CT molecular complexity index is 738. The lowest BCUT2D eigenvalue weighted by Crippen LogP contribution is -2.52. The number of hydrogen-bond acceptors (Lipinski definition) is 3. The van der Waals surface area contributed by atoms with Crippen molar-refractivity contribution >= 4 is 5.78 Å². The van der Waals surface area contributed by atoms with Crippen molar-refractivity contribution in [2.24, 2.45) is 11.8 Å². The number of fused-ring (bicyclic) bond motifs is 2. The molecule has 3 aliphatic rings. The lowest BCUT2D eigenvalue weighted by molar-refractivity contribution is -0.159. The summed E-state index contributed by atoms with van der Waals surface area (Å²) in [4.78, 5) is 12.3. The standard InChI is InChI=1S/C22H22O3/c23-20-13-18-11-12-19(20)22(25-15-17-9-5-2-6-10-17)21(18)24-14-16-7-3-1-4-8-16/h1-12,18-19,21-22H,13-15H2/t18-,19+,21+,22+/m0/s1. The predicted octanol–water partition coefficient (Wildman–Crippen LogP) is 3.93. The van der Waals surface area contributed by atoms with Gasteiger partial charge in [-0.1, -0.05) is 72.8 Å². The van der Waals surface area contributed by atoms with Crippen LogP contribution < -0.4 is 0 Å². The lowest BCUT2D eigenvalue weighted by Gasteiger charge is -2.43. The molecule has 5 rings (SSSR count). The largest absolute Gasteiger partial charge is 0.370 e. The van der Waals surface area contributed by atoms with Gasteiger partial charge in [-0.05, 0) is 11.1 Å². The quantitative estimate of drug-likeness (QED) is 0.751. The maximum atomic E-state index is 12.3. The number of ether oxygens (including phenoxy) is 2. The highest BCUT2D eigenvalue weighted by Gasteiger charge is 2.46. The molecule has 0 unspecified atom stereocenters. The zero-order chi connectivity index (χ0) is 17.1. The molecular weight excluding hydrogens is 312 g/mol. The molecule has 0 spiro atoms. The Labute approximate surface area is 148 Å². The Morgan fingerprint density at radius 3 is 1.88 bits per heavy atom. The maximum Gasteiger partial charge on any atom is 0.143 e. The Kier molecular flexibility index (Phi) is 4.77. The summed E-state index contributed by atoms with van der Waals surface area (Å²) in [5.74, 6) is 0.196. The molecule has 0 heterocycles. The number of carbonyl (C=O) groups is 1. The second-order valence-corrected chi connectivity index (χ2v) is 6.77. The molecule has 3 heteroatoms. The maximum absolute atomic E-state index is 12.3. The number of Topliss-reactive ketones (excluding diaryl/α,β-unsaturated/α-hetero) is 1. The molecule has 0 N–H and O–H groups in total. The highest BCUT2D eigenvalue weighted by atomic mass is 16.5. The number of benzene rings is 2. The third kappa shape index (κ3) is 3.58. The number of hydrogen-bond donors (Lipinski definition) is 0. The molecule has 1 saturated carbocycles. The fraction of sp³-hybridized carbons (Fsp3) is 0.318. The fourth-order valence-electron chi connectivity index (χ4n) is 3.72. The molecular formula is C22H22O3. The normalized spacial score (nSPS) is 27.6. The Hall–Kier alpha value is -2.23. The number of rotatable bonds is 6. The monoisotopic (exact) mass is 334 g/mol. The van der Waals surface area contributed by atoms with Crippen LogP contribution in [0.25, 0.3) is 0 Å². The zero-order valence-electron chi connectivity index (χ0n) is 14.1. The average Bonchev–Trinajstić information content (AvgIpc) is 2.67. The van der Waals surface area contributed by atoms with Gasteiger partial charge in [-0.25, -0.2) is 0 Å². The Morgan fingerprint density at radius 1 is 0.760 bits per heavy atom. The van der Waals surface area contributed by atoms with Gasteiger partial charge in [0, 0.05) is 12.3 Å². The first-order chi connectivity index (χ1) is 12.3. The highest BCUT2D eigenvalue weighted by Crippen LogP contribution is 2.38. The minimum Gasteiger partial charge on any atom is -0.370 e. The summed E-state index contributed by atoms with van der Waals surface area (Å²) in [6.45, 7) is 1.04. The van der Waals surface area contributed by atoms with Crippen molar-refractivity contribution in [1.29, 1.82) is 0 Å². The van der Waals surface area contributed by atoms with E-state index in [0.29, 0.717) is 19.6 Å². The average molecular weight is 334 g/mol. The summed E-state index contributed by atoms with van der Waals surface area (Å²) < 4.78 is 12.4. The summed E-state index contributed by atoms with van der Waals surface area (Å²) in [5, 5.41) is 0. The van der Waals surface area contributed by atoms with Crippen molar-refractivity contribution in [2.45, 2.75) is 31.8 Å². The van der Waals surface area contributed by atoms with Gasteiger partial charge in [0.05, 0.1) is 31.3 Å². The molecule has 1 fully saturated rings. The summed E-state index contributed by atoms with van der Waals surface area (Å²) in [5.41, 5.74) is 2.25. The van der Waals surface area contributed by atoms with Crippen molar-refractivity contribution in [2.75, 3.05) is 0 Å². The first-order valence-electron chi connectivity index (χ1n) is 8.83. The van der Waals surface area contributed by atoms with Crippen LogP contribution in [0.4, 0.5) is 0 Å². The van der Waals surface area contributed by atoms with Gasteiger partial charge in [-0.3, -0.25) is 4.79 Å². The van der Waals surface area contributed by atoms with Crippen molar-refractivity contribution in [1.82, 2.24) is 0 Å². The van der Waals surface area contributed by atoms with Crippen molar-refractivity contribution in [3.8, 4) is 0 Å². The van der Waals surface area contributed by atoms with E-state index in [1.54, 1.807) is 0 Å². The van der Waals surface area contributed by atoms with E-state index in [2.05, 4.69) is 18.2 Å². The topological polar surface area (TPSA) is 35.5 Å². The lowest BCUT2D eigenvalue weighted by atomic mass is 9.71. The number of ketones is 1. The van der Waals surface area contributed by atoms with Gasteiger partial charge in [0.2, 0.25) is 0 Å². The molecule has 2 aromatic carbocycles. The van der Waals surface area contributed by atoms with Crippen LogP contribution in [0.5, 0.6) is 0 Å². The molecule has 3 aliphatic carbocycles. The van der Waals surface area contributed by atoms with Crippen molar-refractivity contribution < 1.29 is 14.3 Å². The summed E-state index contributed by atoms with van der Waals surface area (Å²) in [6.07, 6.45) is 4.42. The third-order valence-electron chi connectivity index (χ3n) is 5.04. The van der Waals surface area contributed by atoms with E-state index in [0.717, 1.165) is 11.1 Å². The highest BCUT2D eigenvalue weighted by molar-refractivity contribution is 5.86. The van der Waals surface area contributed by atoms with Crippen molar-refractivity contribution in [3.05, 3.63) is 83.9 Å². The molecule has 25 heavy (non-hydrogen) atoms. The van der Waals surface area contributed by atoms with Gasteiger partial charge >= 0.3 is 0 Å². The van der Waals surface area contributed by atoms with E-state index in [1.165, 1.54) is 0 Å². The molecule has 0 radical (unpaired) electrons. The smallest absolute Gasteiger partial charge is 0.143 e. The second-order valence-electron chi connectivity index (χ2n) is 6.77. The molecule has 2 bridgehead atoms. The summed E-state index contributed by atoms with van der Waals surface area (Å²) in [6, 6.07) is 20.2. The van der Waals surface area contributed by atoms with E-state index in [9.17, 15) is 4.79 Å². The second kappa shape index (κ2) is 7.34. The van der Waals surface area contributed by atoms with Gasteiger partial charge in [-0.15, -0.1) is 0 Å². The minimum absolute atomic E-state index is 0.0726. The molecule has 0 aliphatic heterocycles. The molecule has 0 aromatic heterocycles. The van der Waals surface area contributed by atoms with E-state index < -0.39 is 0 Å². The SMILES string of the molecule is O=C1C[C@@H]2C=C[C@H]1[C@@H](OCc1ccccc1)[C@@H]2OCc1ccccc1. The number of carbonyl (C=O) groups excluding carboxylic acids is 1. The molecule has 0 amide bonds. The molecule has 128 valence electrons. The van der Waals surface area contributed by atoms with Crippen LogP contribution >= 0.6 is 0 Å². The predicted molar refractivity (Wildman–Crippen MR) is 95.8 cm³/mol. The van der Waals surface area contributed by atoms with Gasteiger partial charge < -0.3 is 9.47 Å². The van der Waals surface area contributed by atoms with Crippen LogP contribution in [-0.4, -0.2) is 18.0 Å². The van der Waals surface area contributed by atoms with Gasteiger partial charge in [0.1, 0.15) is 5.78 Å². The molecule has 2 aromatic rings. The minimum atomic E-state index is -0.208. The Morgan fingerprint density at radius 2 is 1.32 bits per heavy atom. The van der Waals surface area contributed by atoms with E-state index in [4.69, 9.17) is 9.47 Å². The van der Waals surface area contributed by atoms with Gasteiger partial charge in [0.25, 0.3) is 0 Å². The van der Waals surface area contributed by atoms with E-state index >= 15 is 0 Å². The van der Waals surface area contributed by atoms with E-state index in [1.807, 2.05) is 54.6 Å².